The van der Waals surface area contributed by atoms with Gasteiger partial charge in [0.2, 0.25) is 0 Å². The third-order valence-electron chi connectivity index (χ3n) is 6.93. The second kappa shape index (κ2) is 16.1. The first kappa shape index (κ1) is 32.1. The van der Waals surface area contributed by atoms with E-state index in [1.807, 2.05) is 87.6 Å². The number of morpholine rings is 1. The Hall–Kier alpha value is -4.40. The Kier molecular flexibility index (Phi) is 12.3. The maximum absolute atomic E-state index is 12.3. The third-order valence-corrected chi connectivity index (χ3v) is 6.93. The highest BCUT2D eigenvalue weighted by atomic mass is 16.5. The van der Waals surface area contributed by atoms with E-state index in [0.29, 0.717) is 31.1 Å². The smallest absolute Gasteiger partial charge is 0.253 e. The summed E-state index contributed by atoms with van der Waals surface area (Å²) >= 11 is 0. The third kappa shape index (κ3) is 7.66. The second-order valence-electron chi connectivity index (χ2n) is 9.42. The lowest BCUT2D eigenvalue weighted by Gasteiger charge is -2.29. The fraction of sp³-hybridized carbons (Fsp3) is 0.294. The minimum Gasteiger partial charge on any atom is -0.370 e. The molecular weight excluding hydrogens is 524 g/mol. The first-order valence-electron chi connectivity index (χ1n) is 14.3. The summed E-state index contributed by atoms with van der Waals surface area (Å²) in [5.74, 6) is 0.583. The summed E-state index contributed by atoms with van der Waals surface area (Å²) in [6, 6.07) is 6.10. The Morgan fingerprint density at radius 3 is 2.74 bits per heavy atom. The topological polar surface area (TPSA) is 85.7 Å². The fourth-order valence-corrected chi connectivity index (χ4v) is 4.63. The maximum atomic E-state index is 12.3. The van der Waals surface area contributed by atoms with Gasteiger partial charge in [-0.3, -0.25) is 14.8 Å². The molecule has 0 aromatic carbocycles. The Morgan fingerprint density at radius 1 is 1.26 bits per heavy atom. The summed E-state index contributed by atoms with van der Waals surface area (Å²) in [6.07, 6.45) is 23.1. The summed E-state index contributed by atoms with van der Waals surface area (Å²) in [7, 11) is 2.02. The number of anilines is 1. The van der Waals surface area contributed by atoms with Crippen LogP contribution in [-0.4, -0.2) is 64.8 Å². The number of pyridine rings is 2. The van der Waals surface area contributed by atoms with Gasteiger partial charge in [0.25, 0.3) is 5.91 Å². The molecule has 4 rings (SSSR count). The van der Waals surface area contributed by atoms with Crippen molar-refractivity contribution in [1.29, 1.82) is 5.41 Å². The first-order valence-corrected chi connectivity index (χ1v) is 14.3. The maximum Gasteiger partial charge on any atom is 0.253 e. The van der Waals surface area contributed by atoms with Crippen molar-refractivity contribution in [3.8, 4) is 0 Å². The summed E-state index contributed by atoms with van der Waals surface area (Å²) < 4.78 is 5.26. The molecule has 0 radical (unpaired) electrons. The highest BCUT2D eigenvalue weighted by Crippen LogP contribution is 2.34. The van der Waals surface area contributed by atoms with Gasteiger partial charge in [-0.05, 0) is 67.3 Å². The molecule has 2 aliphatic heterocycles. The van der Waals surface area contributed by atoms with Gasteiger partial charge in [0.05, 0.1) is 18.3 Å². The van der Waals surface area contributed by atoms with Crippen LogP contribution < -0.4 is 5.01 Å². The van der Waals surface area contributed by atoms with Crippen molar-refractivity contribution in [3.05, 3.63) is 114 Å². The number of likely N-dealkylation sites (N-methyl/N-ethyl adjacent to an activating group) is 1. The van der Waals surface area contributed by atoms with Gasteiger partial charge in [0.15, 0.2) is 5.82 Å². The molecule has 1 fully saturated rings. The molecule has 1 saturated heterocycles. The molecular formula is C34H42N6O2. The lowest BCUT2D eigenvalue weighted by atomic mass is 10.0. The Bertz CT molecular complexity index is 1390. The van der Waals surface area contributed by atoms with Gasteiger partial charge in [-0.1, -0.05) is 56.9 Å². The molecule has 8 heteroatoms. The minimum absolute atomic E-state index is 0.0733. The van der Waals surface area contributed by atoms with Crippen LogP contribution in [-0.2, 0) is 16.0 Å². The second-order valence-corrected chi connectivity index (χ2v) is 9.42. The molecule has 0 bridgehead atoms. The number of nitrogens with zero attached hydrogens (tertiary/aromatic N) is 5. The zero-order chi connectivity index (χ0) is 30.5. The van der Waals surface area contributed by atoms with Crippen LogP contribution in [0.15, 0.2) is 91.6 Å². The standard InChI is InChI=1S/C32H36N6O2.C2H6/c1-5-7-8-9-12-25-19-27(20-33)32(38-22-29(24(3)36(38)4)26-13-11-16-34-21-26)35-30(25)15-10-14-28(6-2)37-17-18-40-23-31(37)39;1-2/h5-11,13-16,19-22,24,33H,2,12,17-18,23H2,1,3-4H3;1-2H3/b7-5-,9-8-,15-10+,28-14+,33-20?;. The van der Waals surface area contributed by atoms with Gasteiger partial charge in [-0.25, -0.2) is 9.99 Å². The normalized spacial score (nSPS) is 18.1. The molecule has 0 aliphatic carbocycles. The van der Waals surface area contributed by atoms with Crippen LogP contribution in [0.2, 0.25) is 0 Å². The van der Waals surface area contributed by atoms with E-state index in [-0.39, 0.29) is 18.6 Å². The van der Waals surface area contributed by atoms with Crippen molar-refractivity contribution in [3.63, 3.8) is 0 Å². The molecule has 0 spiro atoms. The number of hydrazine groups is 1. The molecule has 2 aromatic heterocycles. The molecule has 1 unspecified atom stereocenters. The SMILES string of the molecule is C=C/C(=C\C=C\c1nc(N2C=C(c3cccnc3)C(C)N2C)c(C=N)cc1C/C=C\C=C/C)N1CCOCC1=O.CC. The van der Waals surface area contributed by atoms with Crippen LogP contribution in [0.25, 0.3) is 11.6 Å². The minimum atomic E-state index is -0.0845. The summed E-state index contributed by atoms with van der Waals surface area (Å²) in [4.78, 5) is 23.4. The fourth-order valence-electron chi connectivity index (χ4n) is 4.63. The average molecular weight is 567 g/mol. The number of amides is 1. The number of rotatable bonds is 10. The highest BCUT2D eigenvalue weighted by Gasteiger charge is 2.30. The monoisotopic (exact) mass is 566 g/mol. The van der Waals surface area contributed by atoms with E-state index in [2.05, 4.69) is 41.8 Å². The number of hydrogen-bond acceptors (Lipinski definition) is 7. The van der Waals surface area contributed by atoms with Gasteiger partial charge in [0, 0.05) is 49.7 Å². The van der Waals surface area contributed by atoms with Crippen LogP contribution in [0, 0.1) is 5.41 Å². The van der Waals surface area contributed by atoms with Crippen LogP contribution >= 0.6 is 0 Å². The Labute approximate surface area is 250 Å². The summed E-state index contributed by atoms with van der Waals surface area (Å²) in [6.45, 7) is 13.1. The Morgan fingerprint density at radius 2 is 2.07 bits per heavy atom. The largest absolute Gasteiger partial charge is 0.370 e. The number of ether oxygens (including phenoxy) is 1. The average Bonchev–Trinajstić information content (AvgIpc) is 3.33. The van der Waals surface area contributed by atoms with E-state index in [0.717, 1.165) is 28.0 Å². The predicted molar refractivity (Wildman–Crippen MR) is 173 cm³/mol. The van der Waals surface area contributed by atoms with Crippen LogP contribution in [0.5, 0.6) is 0 Å². The molecule has 220 valence electrons. The first-order chi connectivity index (χ1) is 20.5. The summed E-state index contributed by atoms with van der Waals surface area (Å²) in [5.41, 5.74) is 5.37. The lowest BCUT2D eigenvalue weighted by molar-refractivity contribution is -0.139. The quantitative estimate of drug-likeness (QED) is 0.272. The summed E-state index contributed by atoms with van der Waals surface area (Å²) in [5, 5.41) is 12.3. The van der Waals surface area contributed by atoms with Crippen molar-refractivity contribution in [2.75, 3.05) is 31.8 Å². The lowest BCUT2D eigenvalue weighted by Crippen LogP contribution is -2.40. The molecule has 8 nitrogen and oxygen atoms in total. The molecule has 1 atom stereocenters. The molecule has 2 aromatic rings. The molecule has 2 aliphatic rings. The van der Waals surface area contributed by atoms with Crippen molar-refractivity contribution >= 4 is 29.6 Å². The molecule has 42 heavy (non-hydrogen) atoms. The predicted octanol–water partition coefficient (Wildman–Crippen LogP) is 6.21. The van der Waals surface area contributed by atoms with Crippen molar-refractivity contribution in [2.45, 2.75) is 40.2 Å². The van der Waals surface area contributed by atoms with E-state index < -0.39 is 0 Å². The van der Waals surface area contributed by atoms with Crippen LogP contribution in [0.3, 0.4) is 0 Å². The molecule has 4 heterocycles. The zero-order valence-electron chi connectivity index (χ0n) is 25.3. The van der Waals surface area contributed by atoms with E-state index in [9.17, 15) is 4.79 Å². The number of carbonyl (C=O) groups is 1. The van der Waals surface area contributed by atoms with Gasteiger partial charge >= 0.3 is 0 Å². The van der Waals surface area contributed by atoms with E-state index >= 15 is 0 Å². The van der Waals surface area contributed by atoms with E-state index in [4.69, 9.17) is 15.1 Å². The zero-order valence-corrected chi connectivity index (χ0v) is 25.3. The van der Waals surface area contributed by atoms with E-state index in [1.165, 1.54) is 6.21 Å². The number of allylic oxidation sites excluding steroid dienone is 7. The number of hydrogen-bond donors (Lipinski definition) is 1. The number of carbonyl (C=O) groups excluding carboxylic acids is 1. The van der Waals surface area contributed by atoms with Crippen LogP contribution in [0.1, 0.15) is 50.1 Å². The van der Waals surface area contributed by atoms with Gasteiger partial charge in [-0.15, -0.1) is 0 Å². The van der Waals surface area contributed by atoms with Gasteiger partial charge < -0.3 is 15.0 Å². The van der Waals surface area contributed by atoms with E-state index in [1.54, 1.807) is 17.2 Å². The van der Waals surface area contributed by atoms with Gasteiger partial charge in [0.1, 0.15) is 6.61 Å². The van der Waals surface area contributed by atoms with Gasteiger partial charge in [-0.2, -0.15) is 0 Å². The van der Waals surface area contributed by atoms with Crippen molar-refractivity contribution < 1.29 is 9.53 Å². The van der Waals surface area contributed by atoms with Crippen LogP contribution in [0.4, 0.5) is 5.82 Å². The highest BCUT2D eigenvalue weighted by molar-refractivity contribution is 5.87. The van der Waals surface area contributed by atoms with Crippen molar-refractivity contribution in [2.24, 2.45) is 0 Å². The van der Waals surface area contributed by atoms with Crippen molar-refractivity contribution in [1.82, 2.24) is 19.9 Å². The number of aromatic nitrogens is 2. The molecule has 0 saturated carbocycles. The molecule has 1 N–H and O–H groups in total. The number of nitrogens with one attached hydrogen (secondary N) is 1. The molecule has 1 amide bonds. The Balaban J connectivity index is 0.00000237.